The lowest BCUT2D eigenvalue weighted by atomic mass is 9.78. The number of halogens is 3. The first-order valence-electron chi connectivity index (χ1n) is 8.41. The summed E-state index contributed by atoms with van der Waals surface area (Å²) in [7, 11) is 0. The Balaban J connectivity index is 0.000000321. The van der Waals surface area contributed by atoms with Gasteiger partial charge in [0.15, 0.2) is 0 Å². The van der Waals surface area contributed by atoms with Gasteiger partial charge in [-0.15, -0.1) is 17.9 Å². The third kappa shape index (κ3) is 4.86. The fraction of sp³-hybridized carbons (Fsp3) is 0.588. The van der Waals surface area contributed by atoms with Crippen LogP contribution in [-0.2, 0) is 16.1 Å². The predicted molar refractivity (Wildman–Crippen MR) is 94.1 cm³/mol. The fourth-order valence-electron chi connectivity index (χ4n) is 3.62. The number of nitrogens with zero attached hydrogens (tertiary/aromatic N) is 3. The van der Waals surface area contributed by atoms with Crippen LogP contribution in [0.2, 0.25) is 0 Å². The Morgan fingerprint density at radius 2 is 2.22 bits per heavy atom. The number of aromatic nitrogens is 1. The van der Waals surface area contributed by atoms with Gasteiger partial charge in [-0.05, 0) is 12.3 Å². The molecular formula is C17H22F3N3O3S. The molecule has 3 heterocycles. The van der Waals surface area contributed by atoms with E-state index in [9.17, 15) is 18.0 Å². The van der Waals surface area contributed by atoms with Crippen LogP contribution >= 0.6 is 11.3 Å². The van der Waals surface area contributed by atoms with Crippen LogP contribution in [0.25, 0.3) is 0 Å². The number of rotatable bonds is 4. The number of aliphatic carboxylic acids is 1. The molecule has 1 aromatic heterocycles. The number of amides is 1. The topological polar surface area (TPSA) is 73.7 Å². The maximum Gasteiger partial charge on any atom is 0.490 e. The maximum absolute atomic E-state index is 12.7. The molecule has 0 saturated carbocycles. The van der Waals surface area contributed by atoms with Crippen molar-refractivity contribution < 1.29 is 27.9 Å². The Bertz CT molecular complexity index is 681. The quantitative estimate of drug-likeness (QED) is 0.780. The minimum Gasteiger partial charge on any atom is -0.475 e. The van der Waals surface area contributed by atoms with Crippen molar-refractivity contribution in [3.05, 3.63) is 29.2 Å². The molecule has 10 heteroatoms. The Hall–Kier alpha value is -1.94. The highest BCUT2D eigenvalue weighted by Crippen LogP contribution is 2.45. The summed E-state index contributed by atoms with van der Waals surface area (Å²) < 4.78 is 31.7. The summed E-state index contributed by atoms with van der Waals surface area (Å²) in [5.41, 5.74) is -0.166. The van der Waals surface area contributed by atoms with E-state index in [1.165, 1.54) is 0 Å². The van der Waals surface area contributed by atoms with E-state index in [0.717, 1.165) is 37.6 Å². The average molecular weight is 405 g/mol. The second kappa shape index (κ2) is 8.39. The summed E-state index contributed by atoms with van der Waals surface area (Å²) in [6, 6.07) is 0. The highest BCUT2D eigenvalue weighted by atomic mass is 32.1. The summed E-state index contributed by atoms with van der Waals surface area (Å²) in [6.07, 6.45) is -0.430. The van der Waals surface area contributed by atoms with Crippen molar-refractivity contribution in [2.75, 3.05) is 26.2 Å². The molecule has 3 rings (SSSR count). The summed E-state index contributed by atoms with van der Waals surface area (Å²) in [5.74, 6) is -2.01. The van der Waals surface area contributed by atoms with Gasteiger partial charge in [-0.1, -0.05) is 13.0 Å². The van der Waals surface area contributed by atoms with E-state index in [0.29, 0.717) is 18.4 Å². The molecule has 1 aromatic rings. The van der Waals surface area contributed by atoms with Crippen LogP contribution < -0.4 is 0 Å². The normalized spacial score (nSPS) is 25.6. The van der Waals surface area contributed by atoms with Crippen LogP contribution in [-0.4, -0.2) is 64.1 Å². The third-order valence-electron chi connectivity index (χ3n) is 4.96. The number of carboxylic acid groups (broad SMARTS) is 1. The maximum atomic E-state index is 12.7. The molecule has 0 radical (unpaired) electrons. The smallest absolute Gasteiger partial charge is 0.475 e. The molecule has 2 aliphatic heterocycles. The minimum atomic E-state index is -5.08. The van der Waals surface area contributed by atoms with Gasteiger partial charge < -0.3 is 10.0 Å². The van der Waals surface area contributed by atoms with E-state index in [2.05, 4.69) is 23.4 Å². The number of hydrogen-bond acceptors (Lipinski definition) is 5. The molecule has 2 atom stereocenters. The first-order valence-corrected chi connectivity index (χ1v) is 9.29. The Kier molecular flexibility index (Phi) is 6.63. The summed E-state index contributed by atoms with van der Waals surface area (Å²) in [4.78, 5) is 30.3. The summed E-state index contributed by atoms with van der Waals surface area (Å²) in [6.45, 7) is 10.3. The van der Waals surface area contributed by atoms with Crippen molar-refractivity contribution in [3.63, 3.8) is 0 Å². The molecule has 2 saturated heterocycles. The highest BCUT2D eigenvalue weighted by Gasteiger charge is 2.54. The van der Waals surface area contributed by atoms with Crippen molar-refractivity contribution in [2.45, 2.75) is 26.1 Å². The van der Waals surface area contributed by atoms with Crippen LogP contribution in [0.4, 0.5) is 13.2 Å². The fourth-order valence-corrected chi connectivity index (χ4v) is 4.27. The van der Waals surface area contributed by atoms with E-state index < -0.39 is 12.1 Å². The molecule has 0 aromatic carbocycles. The van der Waals surface area contributed by atoms with Crippen molar-refractivity contribution in [3.8, 4) is 0 Å². The molecule has 150 valence electrons. The molecular weight excluding hydrogens is 383 g/mol. The van der Waals surface area contributed by atoms with Crippen molar-refractivity contribution >= 4 is 23.2 Å². The molecule has 1 N–H and O–H groups in total. The van der Waals surface area contributed by atoms with Crippen LogP contribution in [0.3, 0.4) is 0 Å². The van der Waals surface area contributed by atoms with Gasteiger partial charge in [0.05, 0.1) is 12.0 Å². The molecule has 1 spiro atoms. The number of alkyl halides is 3. The number of likely N-dealkylation sites (tertiary alicyclic amines) is 2. The first-order chi connectivity index (χ1) is 12.6. The minimum absolute atomic E-state index is 0.166. The zero-order valence-corrected chi connectivity index (χ0v) is 15.7. The molecule has 27 heavy (non-hydrogen) atoms. The van der Waals surface area contributed by atoms with E-state index in [4.69, 9.17) is 9.90 Å². The largest absolute Gasteiger partial charge is 0.490 e. The lowest BCUT2D eigenvalue weighted by Gasteiger charge is -2.26. The third-order valence-corrected chi connectivity index (χ3v) is 5.72. The van der Waals surface area contributed by atoms with Gasteiger partial charge in [0.1, 0.15) is 5.01 Å². The van der Waals surface area contributed by atoms with Crippen LogP contribution in [0, 0.1) is 11.3 Å². The second-order valence-corrected chi connectivity index (χ2v) is 7.72. The number of thiazole rings is 1. The molecule has 2 fully saturated rings. The van der Waals surface area contributed by atoms with Gasteiger partial charge in [-0.3, -0.25) is 9.69 Å². The summed E-state index contributed by atoms with van der Waals surface area (Å²) in [5, 5.41) is 10.3. The van der Waals surface area contributed by atoms with Gasteiger partial charge >= 0.3 is 12.1 Å². The van der Waals surface area contributed by atoms with Crippen LogP contribution in [0.15, 0.2) is 24.2 Å². The van der Waals surface area contributed by atoms with E-state index in [1.807, 2.05) is 22.6 Å². The molecule has 2 aliphatic rings. The van der Waals surface area contributed by atoms with Crippen molar-refractivity contribution in [2.24, 2.45) is 11.3 Å². The standard InChI is InChI=1S/C15H21N3OS.C2HF3O2/c1-3-6-18-7-4-15(14(18)19)11-17(9-12(15)2)10-13-16-5-8-20-13;3-2(4,5)1(6)7/h3,5,8,12H,1,4,6-7,9-11H2,2H3;(H,6,7)/t12-,15-;/m1./s1. The number of carbonyl (C=O) groups is 2. The van der Waals surface area contributed by atoms with Gasteiger partial charge in [0.2, 0.25) is 5.91 Å². The van der Waals surface area contributed by atoms with Crippen molar-refractivity contribution in [1.82, 2.24) is 14.8 Å². The lowest BCUT2D eigenvalue weighted by Crippen LogP contribution is -2.39. The van der Waals surface area contributed by atoms with Gasteiger partial charge in [-0.25, -0.2) is 9.78 Å². The average Bonchev–Trinajstić information content (AvgIpc) is 3.26. The Morgan fingerprint density at radius 1 is 1.56 bits per heavy atom. The zero-order valence-electron chi connectivity index (χ0n) is 14.9. The number of carbonyl (C=O) groups excluding carboxylic acids is 1. The van der Waals surface area contributed by atoms with Crippen LogP contribution in [0.1, 0.15) is 18.4 Å². The highest BCUT2D eigenvalue weighted by molar-refractivity contribution is 7.09. The second-order valence-electron chi connectivity index (χ2n) is 6.75. The van der Waals surface area contributed by atoms with Gasteiger partial charge in [0.25, 0.3) is 0 Å². The van der Waals surface area contributed by atoms with Crippen LogP contribution in [0.5, 0.6) is 0 Å². The SMILES string of the molecule is C=CCN1CC[C@]2(CN(Cc3nccs3)C[C@H]2C)C1=O.O=C(O)C(F)(F)F. The number of carboxylic acids is 1. The summed E-state index contributed by atoms with van der Waals surface area (Å²) >= 11 is 1.69. The number of hydrogen-bond donors (Lipinski definition) is 1. The van der Waals surface area contributed by atoms with Gasteiger partial charge in [-0.2, -0.15) is 13.2 Å². The molecule has 0 bridgehead atoms. The Labute approximate surface area is 159 Å². The van der Waals surface area contributed by atoms with Crippen molar-refractivity contribution in [1.29, 1.82) is 0 Å². The van der Waals surface area contributed by atoms with E-state index >= 15 is 0 Å². The van der Waals surface area contributed by atoms with E-state index in [-0.39, 0.29) is 5.41 Å². The zero-order chi connectivity index (χ0) is 20.2. The van der Waals surface area contributed by atoms with Gasteiger partial charge in [0, 0.05) is 37.8 Å². The monoisotopic (exact) mass is 405 g/mol. The molecule has 6 nitrogen and oxygen atoms in total. The molecule has 0 aliphatic carbocycles. The first kappa shape index (κ1) is 21.4. The van der Waals surface area contributed by atoms with E-state index in [1.54, 1.807) is 11.3 Å². The molecule has 0 unspecified atom stereocenters. The lowest BCUT2D eigenvalue weighted by molar-refractivity contribution is -0.192. The Morgan fingerprint density at radius 3 is 2.74 bits per heavy atom. The predicted octanol–water partition coefficient (Wildman–Crippen LogP) is 2.63. The molecule has 1 amide bonds.